The van der Waals surface area contributed by atoms with E-state index in [1.54, 1.807) is 32.4 Å². The molecule has 6 heteroatoms. The summed E-state index contributed by atoms with van der Waals surface area (Å²) in [7, 11) is 3.15. The number of hydrogen-bond acceptors (Lipinski definition) is 4. The molecule has 1 rings (SSSR count). The van der Waals surface area contributed by atoms with Crippen molar-refractivity contribution < 1.29 is 4.74 Å². The van der Waals surface area contributed by atoms with Crippen LogP contribution >= 0.6 is 0 Å². The van der Waals surface area contributed by atoms with E-state index in [1.807, 2.05) is 0 Å². The van der Waals surface area contributed by atoms with Crippen LogP contribution in [0.5, 0.6) is 5.75 Å². The third kappa shape index (κ3) is 2.94. The predicted octanol–water partition coefficient (Wildman–Crippen LogP) is 2.12. The summed E-state index contributed by atoms with van der Waals surface area (Å²) in [6, 6.07) is 5.35. The second kappa shape index (κ2) is 5.58. The molecule has 0 heterocycles. The van der Waals surface area contributed by atoms with E-state index in [1.165, 1.54) is 0 Å². The quantitative estimate of drug-likeness (QED) is 0.299. The summed E-state index contributed by atoms with van der Waals surface area (Å²) in [6.07, 6.45) is 1.09. The van der Waals surface area contributed by atoms with E-state index in [0.29, 0.717) is 11.4 Å². The Kier molecular flexibility index (Phi) is 4.08. The molecule has 80 valence electrons. The Labute approximate surface area is 87.8 Å². The molecule has 0 atom stereocenters. The molecule has 6 nitrogen and oxygen atoms in total. The molecule has 0 amide bonds. The zero-order valence-electron chi connectivity index (χ0n) is 8.61. The van der Waals surface area contributed by atoms with Crippen LogP contribution in [0.15, 0.2) is 28.5 Å². The minimum absolute atomic E-state index is 0.698. The van der Waals surface area contributed by atoms with Gasteiger partial charge in [-0.25, -0.2) is 0 Å². The first-order valence-electron chi connectivity index (χ1n) is 4.30. The van der Waals surface area contributed by atoms with Crippen molar-refractivity contribution in [3.8, 4) is 5.75 Å². The van der Waals surface area contributed by atoms with Gasteiger partial charge in [-0.3, -0.25) is 10.8 Å². The Hall–Kier alpha value is -2.11. The molecule has 0 unspecified atom stereocenters. The number of anilines is 2. The number of nitrogens with one attached hydrogen (secondary N) is 3. The summed E-state index contributed by atoms with van der Waals surface area (Å²) in [4.78, 5) is 0. The van der Waals surface area contributed by atoms with Crippen LogP contribution in [0.3, 0.4) is 0 Å². The monoisotopic (exact) mass is 207 g/mol. The number of methoxy groups -OCH3 is 1. The Morgan fingerprint density at radius 1 is 1.40 bits per heavy atom. The first-order valence-corrected chi connectivity index (χ1v) is 4.30. The van der Waals surface area contributed by atoms with Crippen LogP contribution in [0, 0.1) is 5.41 Å². The Balaban J connectivity index is 2.98. The van der Waals surface area contributed by atoms with Gasteiger partial charge in [-0.1, -0.05) is 5.22 Å². The molecule has 15 heavy (non-hydrogen) atoms. The molecule has 1 aromatic carbocycles. The van der Waals surface area contributed by atoms with Gasteiger partial charge in [-0.05, 0) is 12.1 Å². The first kappa shape index (κ1) is 11.0. The lowest BCUT2D eigenvalue weighted by Crippen LogP contribution is -1.99. The standard InChI is InChI=1S/C9H13N5O/c1-11-14-13-9-5-7(15-2)3-4-8(9)12-6-10/h3-6H,1-2H3,(H2,10,12)(H,11,13). The van der Waals surface area contributed by atoms with Gasteiger partial charge in [0.15, 0.2) is 0 Å². The third-order valence-electron chi connectivity index (χ3n) is 1.72. The minimum atomic E-state index is 0.698. The largest absolute Gasteiger partial charge is 0.497 e. The smallest absolute Gasteiger partial charge is 0.121 e. The van der Waals surface area contributed by atoms with E-state index < -0.39 is 0 Å². The third-order valence-corrected chi connectivity index (χ3v) is 1.72. The van der Waals surface area contributed by atoms with Gasteiger partial charge in [0, 0.05) is 6.07 Å². The fourth-order valence-electron chi connectivity index (χ4n) is 1.05. The van der Waals surface area contributed by atoms with Crippen LogP contribution in [0.4, 0.5) is 11.4 Å². The van der Waals surface area contributed by atoms with Crippen molar-refractivity contribution in [2.75, 3.05) is 24.9 Å². The molecule has 0 fully saturated rings. The number of nitrogens with zero attached hydrogens (tertiary/aromatic N) is 2. The average Bonchev–Trinajstić information content (AvgIpc) is 2.28. The van der Waals surface area contributed by atoms with Crippen LogP contribution in [-0.4, -0.2) is 20.5 Å². The highest BCUT2D eigenvalue weighted by atomic mass is 16.5. The van der Waals surface area contributed by atoms with E-state index in [9.17, 15) is 0 Å². The molecule has 0 saturated heterocycles. The fourth-order valence-corrected chi connectivity index (χ4v) is 1.05. The van der Waals surface area contributed by atoms with Crippen molar-refractivity contribution in [1.29, 1.82) is 5.41 Å². The average molecular weight is 207 g/mol. The molecule has 0 aliphatic carbocycles. The maximum Gasteiger partial charge on any atom is 0.121 e. The molecular formula is C9H13N5O. The Morgan fingerprint density at radius 3 is 2.80 bits per heavy atom. The molecule has 0 aliphatic rings. The van der Waals surface area contributed by atoms with Crippen molar-refractivity contribution in [2.45, 2.75) is 0 Å². The fraction of sp³-hybridized carbons (Fsp3) is 0.222. The van der Waals surface area contributed by atoms with Gasteiger partial charge in [0.2, 0.25) is 0 Å². The van der Waals surface area contributed by atoms with Gasteiger partial charge in [0.25, 0.3) is 0 Å². The maximum absolute atomic E-state index is 6.96. The van der Waals surface area contributed by atoms with Crippen LogP contribution in [0.2, 0.25) is 0 Å². The molecule has 1 aromatic rings. The van der Waals surface area contributed by atoms with Gasteiger partial charge in [0.05, 0.1) is 31.9 Å². The summed E-state index contributed by atoms with van der Waals surface area (Å²) < 4.78 is 5.07. The lowest BCUT2D eigenvalue weighted by Gasteiger charge is -2.09. The van der Waals surface area contributed by atoms with Gasteiger partial charge >= 0.3 is 0 Å². The lowest BCUT2D eigenvalue weighted by molar-refractivity contribution is 0.415. The molecule has 0 spiro atoms. The topological polar surface area (TPSA) is 81.9 Å². The van der Waals surface area contributed by atoms with Gasteiger partial charge in [0.1, 0.15) is 5.75 Å². The van der Waals surface area contributed by atoms with E-state index >= 15 is 0 Å². The van der Waals surface area contributed by atoms with Crippen LogP contribution in [-0.2, 0) is 0 Å². The Bertz CT molecular complexity index is 364. The minimum Gasteiger partial charge on any atom is -0.497 e. The van der Waals surface area contributed by atoms with E-state index in [0.717, 1.165) is 12.0 Å². The SMILES string of the molecule is C/N=N\Nc1cc(OC)ccc1NC=N. The highest BCUT2D eigenvalue weighted by molar-refractivity contribution is 5.82. The lowest BCUT2D eigenvalue weighted by atomic mass is 10.2. The number of rotatable bonds is 5. The zero-order chi connectivity index (χ0) is 11.1. The van der Waals surface area contributed by atoms with E-state index in [-0.39, 0.29) is 0 Å². The van der Waals surface area contributed by atoms with Crippen LogP contribution in [0.25, 0.3) is 0 Å². The normalized spacial score (nSPS) is 10.0. The van der Waals surface area contributed by atoms with Crippen LogP contribution < -0.4 is 15.5 Å². The van der Waals surface area contributed by atoms with Gasteiger partial charge in [-0.2, -0.15) is 5.11 Å². The highest BCUT2D eigenvalue weighted by Crippen LogP contribution is 2.26. The van der Waals surface area contributed by atoms with Crippen molar-refractivity contribution in [2.24, 2.45) is 10.3 Å². The maximum atomic E-state index is 6.96. The van der Waals surface area contributed by atoms with Crippen molar-refractivity contribution >= 4 is 17.7 Å². The first-order chi connectivity index (χ1) is 7.31. The molecule has 0 radical (unpaired) electrons. The summed E-state index contributed by atoms with van der Waals surface area (Å²) >= 11 is 0. The number of benzene rings is 1. The molecule has 0 aromatic heterocycles. The van der Waals surface area contributed by atoms with Gasteiger partial charge < -0.3 is 10.1 Å². The summed E-state index contributed by atoms with van der Waals surface area (Å²) in [6.45, 7) is 0. The van der Waals surface area contributed by atoms with Gasteiger partial charge in [-0.15, -0.1) is 0 Å². The summed E-state index contributed by atoms with van der Waals surface area (Å²) in [5.41, 5.74) is 4.17. The van der Waals surface area contributed by atoms with E-state index in [2.05, 4.69) is 21.1 Å². The second-order valence-corrected chi connectivity index (χ2v) is 2.61. The van der Waals surface area contributed by atoms with Crippen molar-refractivity contribution in [1.82, 2.24) is 0 Å². The number of ether oxygens (including phenoxy) is 1. The molecule has 0 aliphatic heterocycles. The summed E-state index contributed by atoms with van der Waals surface area (Å²) in [5.74, 6) is 0.708. The molecular weight excluding hydrogens is 194 g/mol. The molecule has 0 saturated carbocycles. The van der Waals surface area contributed by atoms with E-state index in [4.69, 9.17) is 10.1 Å². The molecule has 3 N–H and O–H groups in total. The van der Waals surface area contributed by atoms with Crippen molar-refractivity contribution in [3.05, 3.63) is 18.2 Å². The van der Waals surface area contributed by atoms with Crippen LogP contribution in [0.1, 0.15) is 0 Å². The Morgan fingerprint density at radius 2 is 2.20 bits per heavy atom. The zero-order valence-corrected chi connectivity index (χ0v) is 8.61. The summed E-state index contributed by atoms with van der Waals surface area (Å²) in [5, 5.41) is 17.0. The second-order valence-electron chi connectivity index (χ2n) is 2.61. The number of hydrogen-bond donors (Lipinski definition) is 3. The predicted molar refractivity (Wildman–Crippen MR) is 59.8 cm³/mol. The molecule has 0 bridgehead atoms. The highest BCUT2D eigenvalue weighted by Gasteiger charge is 2.02. The van der Waals surface area contributed by atoms with Crippen molar-refractivity contribution in [3.63, 3.8) is 0 Å².